The number of benzene rings is 2. The Hall–Kier alpha value is -2.62. The average molecular weight is 406 g/mol. The molecule has 0 spiro atoms. The number of esters is 1. The second-order valence-electron chi connectivity index (χ2n) is 8.55. The van der Waals surface area contributed by atoms with E-state index < -0.39 is 5.92 Å². The van der Waals surface area contributed by atoms with Crippen molar-refractivity contribution in [3.05, 3.63) is 71.8 Å². The maximum atomic E-state index is 13.2. The molecule has 2 aromatic carbocycles. The van der Waals surface area contributed by atoms with Crippen LogP contribution in [0.5, 0.6) is 0 Å². The summed E-state index contributed by atoms with van der Waals surface area (Å²) in [5.74, 6) is -0.108. The molecule has 1 amide bonds. The van der Waals surface area contributed by atoms with Gasteiger partial charge in [-0.25, -0.2) is 0 Å². The summed E-state index contributed by atoms with van der Waals surface area (Å²) in [6.07, 6.45) is 6.98. The van der Waals surface area contributed by atoms with Crippen LogP contribution in [0.1, 0.15) is 62.0 Å². The van der Waals surface area contributed by atoms with Gasteiger partial charge in [0, 0.05) is 31.8 Å². The summed E-state index contributed by atoms with van der Waals surface area (Å²) >= 11 is 0. The first kappa shape index (κ1) is 20.6. The van der Waals surface area contributed by atoms with Gasteiger partial charge in [0.15, 0.2) is 0 Å². The Morgan fingerprint density at radius 3 is 1.83 bits per heavy atom. The molecule has 2 aromatic rings. The van der Waals surface area contributed by atoms with E-state index in [0.717, 1.165) is 36.8 Å². The van der Waals surface area contributed by atoms with E-state index in [4.69, 9.17) is 4.74 Å². The van der Waals surface area contributed by atoms with Gasteiger partial charge < -0.3 is 9.64 Å². The zero-order valence-corrected chi connectivity index (χ0v) is 17.5. The predicted octanol–water partition coefficient (Wildman–Crippen LogP) is 4.93. The fourth-order valence-corrected chi connectivity index (χ4v) is 4.79. The van der Waals surface area contributed by atoms with E-state index in [0.29, 0.717) is 19.0 Å². The number of hydrogen-bond donors (Lipinski definition) is 0. The molecule has 4 nitrogen and oxygen atoms in total. The summed E-state index contributed by atoms with van der Waals surface area (Å²) in [6, 6.07) is 19.6. The lowest BCUT2D eigenvalue weighted by Gasteiger charge is -2.35. The highest BCUT2D eigenvalue weighted by atomic mass is 16.5. The standard InChI is InChI=1S/C26H31NO3/c28-25(22-14-8-3-9-15-22)27-18-16-23(17-19-27)30-26(29)24(20-10-4-1-5-11-20)21-12-6-2-7-13-21/h1-2,4-7,10-13,22-24H,3,8-9,14-19H2. The third-order valence-corrected chi connectivity index (χ3v) is 6.49. The molecule has 0 unspecified atom stereocenters. The second-order valence-corrected chi connectivity index (χ2v) is 8.55. The maximum absolute atomic E-state index is 13.2. The van der Waals surface area contributed by atoms with E-state index in [1.165, 1.54) is 19.3 Å². The van der Waals surface area contributed by atoms with E-state index in [2.05, 4.69) is 0 Å². The first-order valence-electron chi connectivity index (χ1n) is 11.3. The Morgan fingerprint density at radius 2 is 1.30 bits per heavy atom. The van der Waals surface area contributed by atoms with Crippen molar-refractivity contribution < 1.29 is 14.3 Å². The molecule has 2 aliphatic rings. The van der Waals surface area contributed by atoms with E-state index >= 15 is 0 Å². The molecule has 1 saturated heterocycles. The Bertz CT molecular complexity index is 782. The Morgan fingerprint density at radius 1 is 0.767 bits per heavy atom. The molecule has 0 atom stereocenters. The number of ether oxygens (including phenoxy) is 1. The average Bonchev–Trinajstić information content (AvgIpc) is 2.81. The van der Waals surface area contributed by atoms with Crippen LogP contribution in [0.3, 0.4) is 0 Å². The second kappa shape index (κ2) is 9.92. The van der Waals surface area contributed by atoms with Gasteiger partial charge in [-0.05, 0) is 24.0 Å². The molecular weight excluding hydrogens is 374 g/mol. The van der Waals surface area contributed by atoms with Gasteiger partial charge in [0.25, 0.3) is 0 Å². The summed E-state index contributed by atoms with van der Waals surface area (Å²) in [6.45, 7) is 1.38. The number of carbonyl (C=O) groups excluding carboxylic acids is 2. The van der Waals surface area contributed by atoms with Crippen molar-refractivity contribution in [1.29, 1.82) is 0 Å². The van der Waals surface area contributed by atoms with Gasteiger partial charge in [0.1, 0.15) is 12.0 Å². The molecule has 1 aliphatic heterocycles. The highest BCUT2D eigenvalue weighted by Gasteiger charge is 2.32. The van der Waals surface area contributed by atoms with E-state index in [9.17, 15) is 9.59 Å². The van der Waals surface area contributed by atoms with Crippen LogP contribution in [0.4, 0.5) is 0 Å². The van der Waals surface area contributed by atoms with Crippen molar-refractivity contribution in [2.75, 3.05) is 13.1 Å². The maximum Gasteiger partial charge on any atom is 0.318 e. The normalized spacial score (nSPS) is 18.4. The molecule has 1 aliphatic carbocycles. The Balaban J connectivity index is 1.37. The molecule has 158 valence electrons. The van der Waals surface area contributed by atoms with Crippen LogP contribution in [-0.2, 0) is 14.3 Å². The molecule has 0 bridgehead atoms. The lowest BCUT2D eigenvalue weighted by atomic mass is 9.87. The largest absolute Gasteiger partial charge is 0.462 e. The molecule has 1 saturated carbocycles. The van der Waals surface area contributed by atoms with Crippen LogP contribution in [0.2, 0.25) is 0 Å². The molecule has 1 heterocycles. The SMILES string of the molecule is O=C(OC1CCN(C(=O)C2CCCCC2)CC1)C(c1ccccc1)c1ccccc1. The molecule has 0 N–H and O–H groups in total. The smallest absolute Gasteiger partial charge is 0.318 e. The molecular formula is C26H31NO3. The molecule has 0 radical (unpaired) electrons. The summed E-state index contributed by atoms with van der Waals surface area (Å²) in [5, 5.41) is 0. The molecule has 4 heteroatoms. The number of carbonyl (C=O) groups is 2. The number of amides is 1. The summed E-state index contributed by atoms with van der Waals surface area (Å²) in [5.41, 5.74) is 1.89. The number of rotatable bonds is 5. The van der Waals surface area contributed by atoms with Gasteiger partial charge in [0.2, 0.25) is 5.91 Å². The first-order valence-corrected chi connectivity index (χ1v) is 11.3. The fraction of sp³-hybridized carbons (Fsp3) is 0.462. The van der Waals surface area contributed by atoms with Crippen LogP contribution in [0.15, 0.2) is 60.7 Å². The molecule has 0 aromatic heterocycles. The van der Waals surface area contributed by atoms with Crippen molar-refractivity contribution in [2.45, 2.75) is 57.0 Å². The fourth-order valence-electron chi connectivity index (χ4n) is 4.79. The van der Waals surface area contributed by atoms with E-state index in [-0.39, 0.29) is 18.0 Å². The number of piperidine rings is 1. The summed E-state index contributed by atoms with van der Waals surface area (Å²) < 4.78 is 5.96. The van der Waals surface area contributed by atoms with Gasteiger partial charge in [-0.1, -0.05) is 79.9 Å². The van der Waals surface area contributed by atoms with Gasteiger partial charge in [-0.2, -0.15) is 0 Å². The lowest BCUT2D eigenvalue weighted by molar-refractivity contribution is -0.153. The van der Waals surface area contributed by atoms with Crippen molar-refractivity contribution in [3.8, 4) is 0 Å². The van der Waals surface area contributed by atoms with E-state index in [1.807, 2.05) is 65.6 Å². The Labute approximate surface area is 179 Å². The molecule has 30 heavy (non-hydrogen) atoms. The zero-order chi connectivity index (χ0) is 20.8. The van der Waals surface area contributed by atoms with Gasteiger partial charge in [0.05, 0.1) is 0 Å². The van der Waals surface area contributed by atoms with Gasteiger partial charge in [-0.3, -0.25) is 9.59 Å². The number of likely N-dealkylation sites (tertiary alicyclic amines) is 1. The zero-order valence-electron chi connectivity index (χ0n) is 17.5. The van der Waals surface area contributed by atoms with Crippen LogP contribution in [0, 0.1) is 5.92 Å². The van der Waals surface area contributed by atoms with Gasteiger partial charge in [-0.15, -0.1) is 0 Å². The quantitative estimate of drug-likeness (QED) is 0.663. The van der Waals surface area contributed by atoms with Gasteiger partial charge >= 0.3 is 5.97 Å². The lowest BCUT2D eigenvalue weighted by Crippen LogP contribution is -2.44. The minimum absolute atomic E-state index is 0.122. The predicted molar refractivity (Wildman–Crippen MR) is 117 cm³/mol. The minimum atomic E-state index is -0.422. The highest BCUT2D eigenvalue weighted by molar-refractivity contribution is 5.82. The highest BCUT2D eigenvalue weighted by Crippen LogP contribution is 2.29. The first-order chi connectivity index (χ1) is 14.7. The van der Waals surface area contributed by atoms with Crippen LogP contribution < -0.4 is 0 Å². The topological polar surface area (TPSA) is 46.6 Å². The van der Waals surface area contributed by atoms with E-state index in [1.54, 1.807) is 0 Å². The molecule has 2 fully saturated rings. The van der Waals surface area contributed by atoms with Crippen LogP contribution in [-0.4, -0.2) is 36.0 Å². The summed E-state index contributed by atoms with van der Waals surface area (Å²) in [4.78, 5) is 27.9. The minimum Gasteiger partial charge on any atom is -0.462 e. The Kier molecular flexibility index (Phi) is 6.83. The number of hydrogen-bond acceptors (Lipinski definition) is 3. The molecule has 4 rings (SSSR count). The van der Waals surface area contributed by atoms with Crippen molar-refractivity contribution >= 4 is 11.9 Å². The van der Waals surface area contributed by atoms with Crippen molar-refractivity contribution in [1.82, 2.24) is 4.90 Å². The van der Waals surface area contributed by atoms with Crippen LogP contribution >= 0.6 is 0 Å². The third-order valence-electron chi connectivity index (χ3n) is 6.49. The van der Waals surface area contributed by atoms with Crippen molar-refractivity contribution in [3.63, 3.8) is 0 Å². The van der Waals surface area contributed by atoms with Crippen molar-refractivity contribution in [2.24, 2.45) is 5.92 Å². The monoisotopic (exact) mass is 405 g/mol. The third kappa shape index (κ3) is 4.92. The summed E-state index contributed by atoms with van der Waals surface area (Å²) in [7, 11) is 0. The number of nitrogens with zero attached hydrogens (tertiary/aromatic N) is 1. The van der Waals surface area contributed by atoms with Crippen LogP contribution in [0.25, 0.3) is 0 Å².